The van der Waals surface area contributed by atoms with Gasteiger partial charge in [0.25, 0.3) is 0 Å². The van der Waals surface area contributed by atoms with E-state index < -0.39 is 6.10 Å². The quantitative estimate of drug-likeness (QED) is 0.880. The van der Waals surface area contributed by atoms with Crippen LogP contribution in [0.15, 0.2) is 48.8 Å². The number of halogens is 1. The van der Waals surface area contributed by atoms with Gasteiger partial charge >= 0.3 is 0 Å². The topological polar surface area (TPSA) is 36.4 Å². The van der Waals surface area contributed by atoms with Gasteiger partial charge in [-0.1, -0.05) is 18.2 Å². The average Bonchev–Trinajstić information content (AvgIpc) is 2.46. The average molecular weight is 274 g/mol. The molecule has 2 aromatic rings. The molecule has 1 unspecified atom stereocenters. The van der Waals surface area contributed by atoms with Crippen LogP contribution in [0, 0.1) is 5.82 Å². The minimum atomic E-state index is -0.637. The summed E-state index contributed by atoms with van der Waals surface area (Å²) < 4.78 is 13.1. The fraction of sp³-hybridized carbons (Fsp3) is 0.312. The second-order valence-corrected chi connectivity index (χ2v) is 4.96. The van der Waals surface area contributed by atoms with Gasteiger partial charge < -0.3 is 10.0 Å². The van der Waals surface area contributed by atoms with Gasteiger partial charge in [-0.3, -0.25) is 4.98 Å². The first-order chi connectivity index (χ1) is 9.65. The molecule has 1 atom stereocenters. The van der Waals surface area contributed by atoms with Crippen molar-refractivity contribution >= 4 is 0 Å². The molecule has 3 nitrogen and oxygen atoms in total. The third-order valence-corrected chi connectivity index (χ3v) is 3.19. The van der Waals surface area contributed by atoms with Gasteiger partial charge in [-0.05, 0) is 42.8 Å². The molecule has 20 heavy (non-hydrogen) atoms. The number of aliphatic hydroxyl groups is 1. The van der Waals surface area contributed by atoms with Crippen LogP contribution in [-0.4, -0.2) is 28.6 Å². The lowest BCUT2D eigenvalue weighted by Gasteiger charge is -2.19. The highest BCUT2D eigenvalue weighted by molar-refractivity contribution is 5.18. The Hall–Kier alpha value is -1.78. The van der Waals surface area contributed by atoms with Crippen LogP contribution in [0.25, 0.3) is 0 Å². The zero-order valence-corrected chi connectivity index (χ0v) is 11.5. The molecule has 0 fully saturated rings. The van der Waals surface area contributed by atoms with E-state index in [1.165, 1.54) is 12.1 Å². The van der Waals surface area contributed by atoms with Gasteiger partial charge in [-0.2, -0.15) is 0 Å². The number of hydrogen-bond acceptors (Lipinski definition) is 3. The van der Waals surface area contributed by atoms with Crippen LogP contribution in [0.4, 0.5) is 4.39 Å². The fourth-order valence-electron chi connectivity index (χ4n) is 2.11. The van der Waals surface area contributed by atoms with E-state index in [-0.39, 0.29) is 5.82 Å². The van der Waals surface area contributed by atoms with E-state index in [4.69, 9.17) is 0 Å². The highest BCUT2D eigenvalue weighted by Gasteiger charge is 2.10. The smallest absolute Gasteiger partial charge is 0.123 e. The van der Waals surface area contributed by atoms with Gasteiger partial charge in [0, 0.05) is 25.5 Å². The Balaban J connectivity index is 1.82. The molecule has 1 N–H and O–H groups in total. The van der Waals surface area contributed by atoms with Crippen molar-refractivity contribution in [1.82, 2.24) is 9.88 Å². The molecule has 0 spiro atoms. The summed E-state index contributed by atoms with van der Waals surface area (Å²) >= 11 is 0. The summed E-state index contributed by atoms with van der Waals surface area (Å²) in [4.78, 5) is 6.18. The molecule has 1 heterocycles. The third kappa shape index (κ3) is 4.40. The normalized spacial score (nSPS) is 12.6. The summed E-state index contributed by atoms with van der Waals surface area (Å²) in [5.41, 5.74) is 1.76. The van der Waals surface area contributed by atoms with Gasteiger partial charge in [0.2, 0.25) is 0 Å². The summed E-state index contributed by atoms with van der Waals surface area (Å²) in [7, 11) is 1.99. The molecule has 1 aromatic carbocycles. The van der Waals surface area contributed by atoms with Crippen molar-refractivity contribution in [3.05, 3.63) is 65.7 Å². The SMILES string of the molecule is CN(CCC(O)c1cccc(F)c1)Cc1cccnc1. The van der Waals surface area contributed by atoms with E-state index in [0.29, 0.717) is 12.0 Å². The summed E-state index contributed by atoms with van der Waals surface area (Å²) in [5, 5.41) is 10.1. The predicted octanol–water partition coefficient (Wildman–Crippen LogP) is 2.78. The highest BCUT2D eigenvalue weighted by Crippen LogP contribution is 2.18. The third-order valence-electron chi connectivity index (χ3n) is 3.19. The largest absolute Gasteiger partial charge is 0.388 e. The Morgan fingerprint density at radius 3 is 2.85 bits per heavy atom. The van der Waals surface area contributed by atoms with E-state index in [0.717, 1.165) is 18.7 Å². The molecule has 4 heteroatoms. The van der Waals surface area contributed by atoms with E-state index in [1.54, 1.807) is 18.3 Å². The maximum absolute atomic E-state index is 13.1. The zero-order chi connectivity index (χ0) is 14.4. The first kappa shape index (κ1) is 14.6. The van der Waals surface area contributed by atoms with Gasteiger partial charge in [-0.15, -0.1) is 0 Å². The predicted molar refractivity (Wildman–Crippen MR) is 76.5 cm³/mol. The van der Waals surface area contributed by atoms with Crippen LogP contribution in [0.2, 0.25) is 0 Å². The Morgan fingerprint density at radius 1 is 1.30 bits per heavy atom. The minimum Gasteiger partial charge on any atom is -0.388 e. The highest BCUT2D eigenvalue weighted by atomic mass is 19.1. The van der Waals surface area contributed by atoms with Gasteiger partial charge in [0.15, 0.2) is 0 Å². The molecule has 0 radical (unpaired) electrons. The number of aliphatic hydroxyl groups excluding tert-OH is 1. The summed E-state index contributed by atoms with van der Waals surface area (Å²) in [6.45, 7) is 1.51. The molecule has 0 saturated carbocycles. The van der Waals surface area contributed by atoms with Crippen molar-refractivity contribution in [1.29, 1.82) is 0 Å². The fourth-order valence-corrected chi connectivity index (χ4v) is 2.11. The number of benzene rings is 1. The lowest BCUT2D eigenvalue weighted by atomic mass is 10.1. The van der Waals surface area contributed by atoms with Crippen molar-refractivity contribution in [3.63, 3.8) is 0 Å². The van der Waals surface area contributed by atoms with Crippen molar-refractivity contribution in [2.24, 2.45) is 0 Å². The van der Waals surface area contributed by atoms with Crippen molar-refractivity contribution in [2.45, 2.75) is 19.1 Å². The Morgan fingerprint density at radius 2 is 2.15 bits per heavy atom. The molecule has 106 valence electrons. The van der Waals surface area contributed by atoms with E-state index in [2.05, 4.69) is 9.88 Å². The van der Waals surface area contributed by atoms with Crippen LogP contribution in [0.1, 0.15) is 23.7 Å². The van der Waals surface area contributed by atoms with E-state index in [1.807, 2.05) is 25.4 Å². The van der Waals surface area contributed by atoms with Crippen LogP contribution >= 0.6 is 0 Å². The molecule has 0 saturated heterocycles. The molecule has 0 aliphatic heterocycles. The Labute approximate surface area is 118 Å². The molecule has 0 bridgehead atoms. The second kappa shape index (κ2) is 7.12. The van der Waals surface area contributed by atoms with Crippen molar-refractivity contribution < 1.29 is 9.50 Å². The molecule has 0 amide bonds. The summed E-state index contributed by atoms with van der Waals surface area (Å²) in [5.74, 6) is -0.315. The molecule has 0 aliphatic carbocycles. The maximum atomic E-state index is 13.1. The van der Waals surface area contributed by atoms with Crippen LogP contribution in [0.5, 0.6) is 0 Å². The number of nitrogens with zero attached hydrogens (tertiary/aromatic N) is 2. The standard InChI is InChI=1S/C16H19FN2O/c1-19(12-13-4-3-8-18-11-13)9-7-16(20)14-5-2-6-15(17)10-14/h2-6,8,10-11,16,20H,7,9,12H2,1H3. The molecular weight excluding hydrogens is 255 g/mol. The maximum Gasteiger partial charge on any atom is 0.123 e. The number of pyridine rings is 1. The zero-order valence-electron chi connectivity index (χ0n) is 11.5. The summed E-state index contributed by atoms with van der Waals surface area (Å²) in [6.07, 6.45) is 3.51. The summed E-state index contributed by atoms with van der Waals surface area (Å²) in [6, 6.07) is 10.1. The number of aromatic nitrogens is 1. The Bertz CT molecular complexity index is 533. The molecular formula is C16H19FN2O. The van der Waals surface area contributed by atoms with Gasteiger partial charge in [0.1, 0.15) is 5.82 Å². The van der Waals surface area contributed by atoms with E-state index >= 15 is 0 Å². The number of hydrogen-bond donors (Lipinski definition) is 1. The van der Waals surface area contributed by atoms with Crippen molar-refractivity contribution in [3.8, 4) is 0 Å². The van der Waals surface area contributed by atoms with Crippen LogP contribution < -0.4 is 0 Å². The first-order valence-electron chi connectivity index (χ1n) is 6.66. The van der Waals surface area contributed by atoms with Crippen LogP contribution in [0.3, 0.4) is 0 Å². The van der Waals surface area contributed by atoms with Crippen LogP contribution in [-0.2, 0) is 6.54 Å². The minimum absolute atomic E-state index is 0.315. The molecule has 0 aliphatic rings. The second-order valence-electron chi connectivity index (χ2n) is 4.96. The van der Waals surface area contributed by atoms with Crippen molar-refractivity contribution in [2.75, 3.05) is 13.6 Å². The first-order valence-corrected chi connectivity index (χ1v) is 6.66. The Kier molecular flexibility index (Phi) is 5.21. The van der Waals surface area contributed by atoms with Gasteiger partial charge in [0.05, 0.1) is 6.10 Å². The monoisotopic (exact) mass is 274 g/mol. The molecule has 2 rings (SSSR count). The molecule has 1 aromatic heterocycles. The number of rotatable bonds is 6. The lowest BCUT2D eigenvalue weighted by molar-refractivity contribution is 0.147. The van der Waals surface area contributed by atoms with Gasteiger partial charge in [-0.25, -0.2) is 4.39 Å². The lowest BCUT2D eigenvalue weighted by Crippen LogP contribution is -2.21. The van der Waals surface area contributed by atoms with E-state index in [9.17, 15) is 9.50 Å².